The molecule has 2 rings (SSSR count). The summed E-state index contributed by atoms with van der Waals surface area (Å²) in [4.78, 5) is 11.4. The lowest BCUT2D eigenvalue weighted by atomic mass is 10.0. The second-order valence-electron chi connectivity index (χ2n) is 6.94. The summed E-state index contributed by atoms with van der Waals surface area (Å²) in [5.41, 5.74) is 4.77. The molecule has 142 valence electrons. The predicted molar refractivity (Wildman–Crippen MR) is 93.6 cm³/mol. The zero-order valence-electron chi connectivity index (χ0n) is 15.2. The number of ether oxygens (including phenoxy) is 1. The van der Waals surface area contributed by atoms with Crippen molar-refractivity contribution in [3.8, 4) is 0 Å². The third-order valence-corrected chi connectivity index (χ3v) is 4.83. The van der Waals surface area contributed by atoms with Crippen molar-refractivity contribution in [1.82, 2.24) is 0 Å². The van der Waals surface area contributed by atoms with E-state index in [2.05, 4.69) is 19.6 Å². The van der Waals surface area contributed by atoms with E-state index in [-0.39, 0.29) is 23.0 Å². The van der Waals surface area contributed by atoms with Crippen molar-refractivity contribution < 1.29 is 28.2 Å². The van der Waals surface area contributed by atoms with Crippen LogP contribution in [0.1, 0.15) is 51.5 Å². The summed E-state index contributed by atoms with van der Waals surface area (Å²) < 4.78 is 36.5. The normalized spacial score (nSPS) is 16.2. The molecule has 0 aliphatic heterocycles. The summed E-state index contributed by atoms with van der Waals surface area (Å²) in [6.45, 7) is 6.02. The highest BCUT2D eigenvalue weighted by molar-refractivity contribution is 7.85. The second kappa shape index (κ2) is 9.89. The Labute approximate surface area is 150 Å². The van der Waals surface area contributed by atoms with Crippen LogP contribution in [0, 0.1) is 12.8 Å². The number of rotatable bonds is 5. The fraction of sp³-hybridized carbons (Fsp3) is 0.611. The van der Waals surface area contributed by atoms with Gasteiger partial charge in [-0.15, -0.1) is 0 Å². The van der Waals surface area contributed by atoms with Crippen LogP contribution in [-0.4, -0.2) is 31.1 Å². The Kier molecular flexibility index (Phi) is 8.55. The first kappa shape index (κ1) is 21.6. The highest BCUT2D eigenvalue weighted by Gasteiger charge is 2.25. The first-order valence-corrected chi connectivity index (χ1v) is 10.1. The molecule has 0 saturated heterocycles. The largest absolute Gasteiger partial charge is 0.744 e. The van der Waals surface area contributed by atoms with Crippen molar-refractivity contribution >= 4 is 16.1 Å². The Morgan fingerprint density at radius 2 is 1.76 bits per heavy atom. The second-order valence-corrected chi connectivity index (χ2v) is 8.32. The van der Waals surface area contributed by atoms with E-state index in [1.165, 1.54) is 25.0 Å². The van der Waals surface area contributed by atoms with Crippen LogP contribution in [0.5, 0.6) is 0 Å². The molecule has 0 heterocycles. The van der Waals surface area contributed by atoms with Crippen LogP contribution in [0.15, 0.2) is 29.2 Å². The van der Waals surface area contributed by atoms with Gasteiger partial charge in [-0.3, -0.25) is 0 Å². The van der Waals surface area contributed by atoms with E-state index < -0.39 is 10.1 Å². The van der Waals surface area contributed by atoms with E-state index in [0.29, 0.717) is 5.92 Å². The Hall–Kier alpha value is -1.44. The third kappa shape index (κ3) is 8.47. The average Bonchev–Trinajstić information content (AvgIpc) is 2.99. The molecule has 25 heavy (non-hydrogen) atoms. The number of hydrogen-bond donors (Lipinski definition) is 1. The van der Waals surface area contributed by atoms with Crippen LogP contribution in [0.25, 0.3) is 0 Å². The number of hydrogen-bond acceptors (Lipinski definition) is 5. The molecular weight excluding hydrogens is 342 g/mol. The number of aryl methyl sites for hydroxylation is 1. The molecule has 1 aliphatic rings. The quantitative estimate of drug-likeness (QED) is 0.629. The maximum atomic E-state index is 11.5. The van der Waals surface area contributed by atoms with Gasteiger partial charge in [0.1, 0.15) is 16.2 Å². The Morgan fingerprint density at radius 3 is 2.20 bits per heavy atom. The summed E-state index contributed by atoms with van der Waals surface area (Å²) in [6.07, 6.45) is 5.48. The lowest BCUT2D eigenvalue weighted by Gasteiger charge is -2.14. The molecule has 0 radical (unpaired) electrons. The maximum Gasteiger partial charge on any atom is 0.365 e. The number of esters is 1. The summed E-state index contributed by atoms with van der Waals surface area (Å²) in [6, 6.07) is 5.60. The Morgan fingerprint density at radius 1 is 1.24 bits per heavy atom. The minimum Gasteiger partial charge on any atom is -0.744 e. The molecule has 1 aliphatic carbocycles. The topological polar surface area (TPSA) is 111 Å². The molecule has 0 aromatic heterocycles. The van der Waals surface area contributed by atoms with Gasteiger partial charge >= 0.3 is 5.97 Å². The van der Waals surface area contributed by atoms with E-state index in [0.717, 1.165) is 24.8 Å². The third-order valence-electron chi connectivity index (χ3n) is 3.98. The predicted octanol–water partition coefficient (Wildman–Crippen LogP) is 2.03. The molecule has 0 amide bonds. The summed E-state index contributed by atoms with van der Waals surface area (Å²) in [7, 11) is -4.27. The van der Waals surface area contributed by atoms with Gasteiger partial charge in [-0.1, -0.05) is 31.5 Å². The average molecular weight is 371 g/mol. The number of carbonyl (C=O) groups is 1. The van der Waals surface area contributed by atoms with Crippen molar-refractivity contribution in [3.63, 3.8) is 0 Å². The summed E-state index contributed by atoms with van der Waals surface area (Å²) in [5, 5.41) is 0. The monoisotopic (exact) mass is 371 g/mol. The fourth-order valence-corrected chi connectivity index (χ4v) is 3.11. The van der Waals surface area contributed by atoms with E-state index in [1.807, 2.05) is 6.92 Å². The van der Waals surface area contributed by atoms with Gasteiger partial charge in [0.15, 0.2) is 6.04 Å². The van der Waals surface area contributed by atoms with Crippen LogP contribution in [0.3, 0.4) is 0 Å². The van der Waals surface area contributed by atoms with Gasteiger partial charge in [-0.05, 0) is 50.7 Å². The zero-order valence-corrected chi connectivity index (χ0v) is 16.1. The van der Waals surface area contributed by atoms with Gasteiger partial charge < -0.3 is 15.0 Å². The molecule has 1 aromatic carbocycles. The summed E-state index contributed by atoms with van der Waals surface area (Å²) >= 11 is 0. The molecule has 0 spiro atoms. The van der Waals surface area contributed by atoms with E-state index in [4.69, 9.17) is 4.74 Å². The Bertz CT molecular complexity index is 634. The SMILES string of the molecule is CC(C)C[C@H]([NH3+])C(=O)OC1CCCC1.Cc1ccc(S(=O)(=O)[O-])cc1. The molecule has 0 unspecified atom stereocenters. The van der Waals surface area contributed by atoms with Gasteiger partial charge in [-0.2, -0.15) is 0 Å². The molecule has 1 atom stereocenters. The van der Waals surface area contributed by atoms with Crippen LogP contribution in [0.2, 0.25) is 0 Å². The maximum absolute atomic E-state index is 11.5. The highest BCUT2D eigenvalue weighted by Crippen LogP contribution is 2.21. The van der Waals surface area contributed by atoms with Gasteiger partial charge in [-0.25, -0.2) is 13.2 Å². The standard InChI is InChI=1S/C11H21NO2.C7H8O3S/c1-8(2)7-10(12)11(13)14-9-5-3-4-6-9;1-6-2-4-7(5-3-6)11(8,9)10/h8-10H,3-7,12H2,1-2H3;2-5H,1H3,(H,8,9,10)/t10-;/m0./s1. The van der Waals surface area contributed by atoms with Crippen molar-refractivity contribution in [2.24, 2.45) is 5.92 Å². The summed E-state index contributed by atoms with van der Waals surface area (Å²) in [5.74, 6) is 0.402. The number of quaternary nitrogens is 1. The first-order chi connectivity index (χ1) is 11.6. The van der Waals surface area contributed by atoms with E-state index >= 15 is 0 Å². The molecule has 6 nitrogen and oxygen atoms in total. The smallest absolute Gasteiger partial charge is 0.365 e. The lowest BCUT2D eigenvalue weighted by molar-refractivity contribution is -0.411. The van der Waals surface area contributed by atoms with Crippen LogP contribution in [-0.2, 0) is 19.6 Å². The molecule has 1 aromatic rings. The fourth-order valence-electron chi connectivity index (χ4n) is 2.64. The molecule has 3 N–H and O–H groups in total. The van der Waals surface area contributed by atoms with Crippen molar-refractivity contribution in [2.75, 3.05) is 0 Å². The van der Waals surface area contributed by atoms with Crippen molar-refractivity contribution in [3.05, 3.63) is 29.8 Å². The first-order valence-electron chi connectivity index (χ1n) is 8.65. The van der Waals surface area contributed by atoms with Gasteiger partial charge in [0.25, 0.3) is 0 Å². The highest BCUT2D eigenvalue weighted by atomic mass is 32.2. The van der Waals surface area contributed by atoms with Gasteiger partial charge in [0.2, 0.25) is 0 Å². The minimum atomic E-state index is -4.27. The van der Waals surface area contributed by atoms with E-state index in [1.54, 1.807) is 12.1 Å². The number of carbonyl (C=O) groups excluding carboxylic acids is 1. The van der Waals surface area contributed by atoms with Crippen molar-refractivity contribution in [1.29, 1.82) is 0 Å². The molecule has 1 saturated carbocycles. The molecule has 0 bridgehead atoms. The van der Waals surface area contributed by atoms with Crippen molar-refractivity contribution in [2.45, 2.75) is 69.9 Å². The van der Waals surface area contributed by atoms with Gasteiger partial charge in [0, 0.05) is 6.42 Å². The van der Waals surface area contributed by atoms with Crippen LogP contribution < -0.4 is 5.73 Å². The number of benzene rings is 1. The van der Waals surface area contributed by atoms with E-state index in [9.17, 15) is 17.8 Å². The minimum absolute atomic E-state index is 0.106. The lowest BCUT2D eigenvalue weighted by Crippen LogP contribution is -2.66. The van der Waals surface area contributed by atoms with Crippen LogP contribution in [0.4, 0.5) is 0 Å². The zero-order chi connectivity index (χ0) is 19.0. The Balaban J connectivity index is 0.000000257. The molecule has 7 heteroatoms. The molecular formula is C18H29NO5S. The van der Waals surface area contributed by atoms with Crippen LogP contribution >= 0.6 is 0 Å². The van der Waals surface area contributed by atoms with Gasteiger partial charge in [0.05, 0.1) is 4.90 Å². The molecule has 1 fully saturated rings.